The maximum Gasteiger partial charge on any atom is 0.238 e. The number of hydrogen-bond donors (Lipinski definition) is 2. The summed E-state index contributed by atoms with van der Waals surface area (Å²) in [4.78, 5) is 0.117. The summed E-state index contributed by atoms with van der Waals surface area (Å²) in [5.74, 6) is 0. The average Bonchev–Trinajstić information content (AvgIpc) is 2.79. The molecule has 3 N–H and O–H groups in total. The van der Waals surface area contributed by atoms with Gasteiger partial charge in [0.1, 0.15) is 0 Å². The van der Waals surface area contributed by atoms with Crippen LogP contribution in [-0.4, -0.2) is 14.5 Å². The maximum absolute atomic E-state index is 11.4. The van der Waals surface area contributed by atoms with Crippen molar-refractivity contribution < 1.29 is 8.42 Å². The second-order valence-electron chi connectivity index (χ2n) is 5.24. The van der Waals surface area contributed by atoms with Gasteiger partial charge in [0.25, 0.3) is 0 Å². The van der Waals surface area contributed by atoms with E-state index in [2.05, 4.69) is 5.32 Å². The van der Waals surface area contributed by atoms with E-state index in [-0.39, 0.29) is 10.9 Å². The number of anilines is 1. The fourth-order valence-corrected chi connectivity index (χ4v) is 3.44. The first-order valence-electron chi connectivity index (χ1n) is 6.58. The lowest BCUT2D eigenvalue weighted by atomic mass is 10.1. The van der Waals surface area contributed by atoms with E-state index in [0.29, 0.717) is 0 Å². The fourth-order valence-electron chi connectivity index (χ4n) is 2.69. The Hall–Kier alpha value is -1.56. The van der Waals surface area contributed by atoms with E-state index in [4.69, 9.17) is 16.7 Å². The van der Waals surface area contributed by atoms with Gasteiger partial charge < -0.3 is 5.32 Å². The largest absolute Gasteiger partial charge is 0.382 e. The summed E-state index contributed by atoms with van der Waals surface area (Å²) in [7, 11) is -3.68. The topological polar surface area (TPSA) is 72.2 Å². The van der Waals surface area contributed by atoms with Gasteiger partial charge in [-0.15, -0.1) is 0 Å². The molecule has 2 aromatic rings. The van der Waals surface area contributed by atoms with Crippen LogP contribution in [0.3, 0.4) is 0 Å². The first-order valence-corrected chi connectivity index (χ1v) is 8.51. The third-order valence-corrected chi connectivity index (χ3v) is 4.78. The van der Waals surface area contributed by atoms with Gasteiger partial charge in [0.2, 0.25) is 10.0 Å². The molecule has 0 amide bonds. The molecule has 3 rings (SSSR count). The molecule has 21 heavy (non-hydrogen) atoms. The Morgan fingerprint density at radius 3 is 2.62 bits per heavy atom. The number of benzene rings is 2. The standard InChI is InChI=1S/C15H15ClN2O2S/c16-12-5-4-10-7-14(8-11(10)6-12)18-13-2-1-3-15(9-13)21(17,19)20/h1-6,9,14,18H,7-8H2,(H2,17,19,20). The van der Waals surface area contributed by atoms with Gasteiger partial charge in [0, 0.05) is 16.8 Å². The molecule has 1 aliphatic rings. The van der Waals surface area contributed by atoms with Crippen LogP contribution in [0.15, 0.2) is 47.4 Å². The van der Waals surface area contributed by atoms with Crippen molar-refractivity contribution in [3.05, 3.63) is 58.6 Å². The van der Waals surface area contributed by atoms with Crippen molar-refractivity contribution in [1.29, 1.82) is 0 Å². The highest BCUT2D eigenvalue weighted by Crippen LogP contribution is 2.27. The van der Waals surface area contributed by atoms with Crippen LogP contribution in [-0.2, 0) is 22.9 Å². The van der Waals surface area contributed by atoms with Crippen LogP contribution in [0.25, 0.3) is 0 Å². The molecule has 110 valence electrons. The number of halogens is 1. The molecular formula is C15H15ClN2O2S. The first kappa shape index (κ1) is 14.4. The predicted octanol–water partition coefficient (Wildman–Crippen LogP) is 2.57. The summed E-state index contributed by atoms with van der Waals surface area (Å²) >= 11 is 6.00. The van der Waals surface area contributed by atoms with E-state index in [0.717, 1.165) is 23.6 Å². The molecule has 0 aliphatic heterocycles. The van der Waals surface area contributed by atoms with E-state index in [1.807, 2.05) is 24.3 Å². The molecule has 2 aromatic carbocycles. The normalized spacial score (nSPS) is 17.5. The van der Waals surface area contributed by atoms with E-state index < -0.39 is 10.0 Å². The number of sulfonamides is 1. The smallest absolute Gasteiger partial charge is 0.238 e. The van der Waals surface area contributed by atoms with Crippen LogP contribution >= 0.6 is 11.6 Å². The quantitative estimate of drug-likeness (QED) is 0.912. The summed E-state index contributed by atoms with van der Waals surface area (Å²) in [6, 6.07) is 12.7. The number of rotatable bonds is 3. The molecule has 0 radical (unpaired) electrons. The lowest BCUT2D eigenvalue weighted by Crippen LogP contribution is -2.20. The van der Waals surface area contributed by atoms with Crippen LogP contribution in [0.1, 0.15) is 11.1 Å². The molecule has 4 nitrogen and oxygen atoms in total. The third-order valence-electron chi connectivity index (χ3n) is 3.63. The second-order valence-corrected chi connectivity index (χ2v) is 7.23. The molecule has 0 aromatic heterocycles. The van der Waals surface area contributed by atoms with Crippen LogP contribution in [0.2, 0.25) is 5.02 Å². The molecule has 0 spiro atoms. The second kappa shape index (κ2) is 5.33. The van der Waals surface area contributed by atoms with Crippen LogP contribution < -0.4 is 10.5 Å². The van der Waals surface area contributed by atoms with Gasteiger partial charge in [-0.3, -0.25) is 0 Å². The minimum absolute atomic E-state index is 0.117. The molecule has 6 heteroatoms. The minimum atomic E-state index is -3.68. The lowest BCUT2D eigenvalue weighted by molar-refractivity contribution is 0.598. The SMILES string of the molecule is NS(=O)(=O)c1cccc(NC2Cc3ccc(Cl)cc3C2)c1. The Balaban J connectivity index is 1.78. The van der Waals surface area contributed by atoms with Gasteiger partial charge >= 0.3 is 0 Å². The van der Waals surface area contributed by atoms with E-state index in [9.17, 15) is 8.42 Å². The predicted molar refractivity (Wildman–Crippen MR) is 84.1 cm³/mol. The van der Waals surface area contributed by atoms with Crippen LogP contribution in [0, 0.1) is 0 Å². The van der Waals surface area contributed by atoms with Crippen LogP contribution in [0.5, 0.6) is 0 Å². The summed E-state index contributed by atoms with van der Waals surface area (Å²) in [6.07, 6.45) is 1.77. The summed E-state index contributed by atoms with van der Waals surface area (Å²) in [6.45, 7) is 0. The van der Waals surface area contributed by atoms with Crippen molar-refractivity contribution in [3.63, 3.8) is 0 Å². The number of fused-ring (bicyclic) bond motifs is 1. The van der Waals surface area contributed by atoms with Crippen molar-refractivity contribution in [2.24, 2.45) is 5.14 Å². The maximum atomic E-state index is 11.4. The molecule has 1 aliphatic carbocycles. The third kappa shape index (κ3) is 3.20. The Morgan fingerprint density at radius 1 is 1.10 bits per heavy atom. The zero-order valence-electron chi connectivity index (χ0n) is 11.2. The lowest BCUT2D eigenvalue weighted by Gasteiger charge is -2.14. The van der Waals surface area contributed by atoms with Crippen LogP contribution in [0.4, 0.5) is 5.69 Å². The molecule has 0 saturated heterocycles. The summed E-state index contributed by atoms with van der Waals surface area (Å²) < 4.78 is 22.7. The van der Waals surface area contributed by atoms with Gasteiger partial charge in [-0.05, 0) is 54.3 Å². The summed E-state index contributed by atoms with van der Waals surface area (Å²) in [5.41, 5.74) is 3.27. The van der Waals surface area contributed by atoms with Crippen molar-refractivity contribution in [2.45, 2.75) is 23.8 Å². The number of nitrogens with two attached hydrogens (primary N) is 1. The molecular weight excluding hydrogens is 308 g/mol. The monoisotopic (exact) mass is 322 g/mol. The number of nitrogens with one attached hydrogen (secondary N) is 1. The molecule has 0 fully saturated rings. The van der Waals surface area contributed by atoms with Crippen molar-refractivity contribution in [2.75, 3.05) is 5.32 Å². The Bertz CT molecular complexity index is 790. The Kier molecular flexibility index (Phi) is 3.65. The highest BCUT2D eigenvalue weighted by molar-refractivity contribution is 7.89. The first-order chi connectivity index (χ1) is 9.91. The molecule has 1 atom stereocenters. The highest BCUT2D eigenvalue weighted by Gasteiger charge is 2.21. The van der Waals surface area contributed by atoms with Gasteiger partial charge in [0.05, 0.1) is 4.90 Å². The minimum Gasteiger partial charge on any atom is -0.382 e. The van der Waals surface area contributed by atoms with Gasteiger partial charge in [-0.25, -0.2) is 13.6 Å². The van der Waals surface area contributed by atoms with E-state index in [1.165, 1.54) is 17.2 Å². The number of hydrogen-bond acceptors (Lipinski definition) is 3. The number of primary sulfonamides is 1. The molecule has 0 heterocycles. The van der Waals surface area contributed by atoms with Crippen molar-refractivity contribution in [1.82, 2.24) is 0 Å². The summed E-state index contributed by atoms with van der Waals surface area (Å²) in [5, 5.41) is 9.25. The van der Waals surface area contributed by atoms with Gasteiger partial charge in [0.15, 0.2) is 0 Å². The highest BCUT2D eigenvalue weighted by atomic mass is 35.5. The molecule has 0 saturated carbocycles. The van der Waals surface area contributed by atoms with Gasteiger partial charge in [-0.1, -0.05) is 23.7 Å². The molecule has 0 bridgehead atoms. The average molecular weight is 323 g/mol. The zero-order chi connectivity index (χ0) is 15.0. The molecule has 1 unspecified atom stereocenters. The van der Waals surface area contributed by atoms with Gasteiger partial charge in [-0.2, -0.15) is 0 Å². The Labute approximate surface area is 129 Å². The Morgan fingerprint density at radius 2 is 1.86 bits per heavy atom. The van der Waals surface area contributed by atoms with E-state index in [1.54, 1.807) is 12.1 Å². The van der Waals surface area contributed by atoms with Crippen molar-refractivity contribution >= 4 is 27.3 Å². The van der Waals surface area contributed by atoms with Crippen molar-refractivity contribution in [3.8, 4) is 0 Å². The fraction of sp³-hybridized carbons (Fsp3) is 0.200. The zero-order valence-corrected chi connectivity index (χ0v) is 12.8. The van der Waals surface area contributed by atoms with E-state index >= 15 is 0 Å².